The van der Waals surface area contributed by atoms with Crippen LogP contribution in [0, 0.1) is 5.92 Å². The first kappa shape index (κ1) is 17.6. The Hall–Kier alpha value is -0.470. The van der Waals surface area contributed by atoms with E-state index in [2.05, 4.69) is 57.3 Å². The summed E-state index contributed by atoms with van der Waals surface area (Å²) >= 11 is 2.02. The molecule has 2 heteroatoms. The average molecular weight is 294 g/mol. The number of benzene rings is 1. The fraction of sp³-hybridized carbons (Fsp3) is 0.667. The van der Waals surface area contributed by atoms with E-state index >= 15 is 0 Å². The lowest BCUT2D eigenvalue weighted by Crippen LogP contribution is -2.17. The van der Waals surface area contributed by atoms with E-state index in [9.17, 15) is 0 Å². The van der Waals surface area contributed by atoms with E-state index < -0.39 is 0 Å². The van der Waals surface area contributed by atoms with Gasteiger partial charge in [0.25, 0.3) is 0 Å². The summed E-state index contributed by atoms with van der Waals surface area (Å²) in [5.74, 6) is 2.14. The largest absolute Gasteiger partial charge is 0.310 e. The molecule has 0 aromatic heterocycles. The third kappa shape index (κ3) is 6.32. The van der Waals surface area contributed by atoms with Gasteiger partial charge in [-0.3, -0.25) is 0 Å². The van der Waals surface area contributed by atoms with Crippen LogP contribution in [0.25, 0.3) is 0 Å². The number of rotatable bonds is 10. The maximum atomic E-state index is 3.46. The maximum absolute atomic E-state index is 3.46. The normalized spacial score (nSPS) is 14.2. The summed E-state index contributed by atoms with van der Waals surface area (Å²) < 4.78 is 0. The van der Waals surface area contributed by atoms with Crippen molar-refractivity contribution in [3.63, 3.8) is 0 Å². The highest BCUT2D eigenvalue weighted by Crippen LogP contribution is 2.26. The summed E-state index contributed by atoms with van der Waals surface area (Å²) in [5.41, 5.74) is 1.38. The first-order valence-corrected chi connectivity index (χ1v) is 9.15. The van der Waals surface area contributed by atoms with Crippen LogP contribution >= 0.6 is 11.8 Å². The van der Waals surface area contributed by atoms with Gasteiger partial charge in [0, 0.05) is 16.7 Å². The van der Waals surface area contributed by atoms with Gasteiger partial charge in [-0.15, -0.1) is 11.8 Å². The minimum Gasteiger partial charge on any atom is -0.310 e. The van der Waals surface area contributed by atoms with Crippen LogP contribution in [0.15, 0.2) is 29.2 Å². The van der Waals surface area contributed by atoms with Gasteiger partial charge in [-0.25, -0.2) is 0 Å². The maximum Gasteiger partial charge on any atom is 0.0291 e. The van der Waals surface area contributed by atoms with Gasteiger partial charge in [0.1, 0.15) is 0 Å². The Balaban J connectivity index is 2.44. The Morgan fingerprint density at radius 1 is 1.10 bits per heavy atom. The van der Waals surface area contributed by atoms with E-state index in [4.69, 9.17) is 0 Å². The summed E-state index contributed by atoms with van der Waals surface area (Å²) in [6.07, 6.45) is 5.38. The Morgan fingerprint density at radius 3 is 2.35 bits per heavy atom. The molecule has 0 saturated heterocycles. The van der Waals surface area contributed by atoms with Gasteiger partial charge in [-0.1, -0.05) is 52.2 Å². The minimum absolute atomic E-state index is 0.451. The molecule has 0 aliphatic heterocycles. The zero-order chi connectivity index (χ0) is 14.8. The monoisotopic (exact) mass is 293 g/mol. The van der Waals surface area contributed by atoms with Gasteiger partial charge in [0.2, 0.25) is 0 Å². The second-order valence-electron chi connectivity index (χ2n) is 5.58. The van der Waals surface area contributed by atoms with Gasteiger partial charge < -0.3 is 5.32 Å². The molecule has 1 rings (SSSR count). The first-order valence-electron chi connectivity index (χ1n) is 8.17. The summed E-state index contributed by atoms with van der Waals surface area (Å²) in [7, 11) is 0. The van der Waals surface area contributed by atoms with E-state index in [-0.39, 0.29) is 0 Å². The van der Waals surface area contributed by atoms with Crippen molar-refractivity contribution in [2.75, 3.05) is 12.3 Å². The SMILES string of the molecule is CCCCC(CC)CSc1ccc(C(C)NCC)cc1. The molecule has 1 nitrogen and oxygen atoms in total. The number of hydrogen-bond donors (Lipinski definition) is 1. The first-order chi connectivity index (χ1) is 9.71. The van der Waals surface area contributed by atoms with E-state index in [0.717, 1.165) is 12.5 Å². The lowest BCUT2D eigenvalue weighted by molar-refractivity contribution is 0.499. The molecule has 1 aromatic carbocycles. The molecule has 0 aliphatic rings. The Bertz CT molecular complexity index is 347. The molecule has 0 spiro atoms. The van der Waals surface area contributed by atoms with Crippen molar-refractivity contribution >= 4 is 11.8 Å². The highest BCUT2D eigenvalue weighted by atomic mass is 32.2. The molecule has 0 amide bonds. The molecule has 2 unspecified atom stereocenters. The molecule has 0 radical (unpaired) electrons. The van der Waals surface area contributed by atoms with Crippen LogP contribution in [-0.4, -0.2) is 12.3 Å². The average Bonchev–Trinajstić information content (AvgIpc) is 2.48. The van der Waals surface area contributed by atoms with E-state index in [1.165, 1.54) is 41.9 Å². The molecule has 2 atom stereocenters. The number of nitrogens with one attached hydrogen (secondary N) is 1. The van der Waals surface area contributed by atoms with Crippen molar-refractivity contribution in [3.8, 4) is 0 Å². The Labute approximate surface area is 129 Å². The predicted molar refractivity (Wildman–Crippen MR) is 92.6 cm³/mol. The molecule has 0 fully saturated rings. The van der Waals surface area contributed by atoms with Crippen LogP contribution in [-0.2, 0) is 0 Å². The fourth-order valence-electron chi connectivity index (χ4n) is 2.39. The molecule has 0 saturated carbocycles. The smallest absolute Gasteiger partial charge is 0.0291 e. The van der Waals surface area contributed by atoms with E-state index in [1.807, 2.05) is 11.8 Å². The minimum atomic E-state index is 0.451. The van der Waals surface area contributed by atoms with Crippen molar-refractivity contribution < 1.29 is 0 Å². The van der Waals surface area contributed by atoms with Crippen molar-refractivity contribution in [2.45, 2.75) is 64.3 Å². The second kappa shape index (κ2) is 10.3. The van der Waals surface area contributed by atoms with Crippen molar-refractivity contribution in [1.82, 2.24) is 5.32 Å². The number of thioether (sulfide) groups is 1. The highest BCUT2D eigenvalue weighted by molar-refractivity contribution is 7.99. The quantitative estimate of drug-likeness (QED) is 0.558. The van der Waals surface area contributed by atoms with Crippen molar-refractivity contribution in [2.24, 2.45) is 5.92 Å². The Morgan fingerprint density at radius 2 is 1.80 bits per heavy atom. The number of unbranched alkanes of at least 4 members (excludes halogenated alkanes) is 1. The van der Waals surface area contributed by atoms with Gasteiger partial charge in [0.15, 0.2) is 0 Å². The molecule has 20 heavy (non-hydrogen) atoms. The zero-order valence-corrected chi connectivity index (χ0v) is 14.4. The van der Waals surface area contributed by atoms with Crippen molar-refractivity contribution in [3.05, 3.63) is 29.8 Å². The molecule has 1 N–H and O–H groups in total. The fourth-order valence-corrected chi connectivity index (χ4v) is 3.55. The van der Waals surface area contributed by atoms with Crippen LogP contribution in [0.3, 0.4) is 0 Å². The highest BCUT2D eigenvalue weighted by Gasteiger charge is 2.07. The van der Waals surface area contributed by atoms with Crippen molar-refractivity contribution in [1.29, 1.82) is 0 Å². The van der Waals surface area contributed by atoms with Crippen LogP contribution in [0.2, 0.25) is 0 Å². The molecular weight excluding hydrogens is 262 g/mol. The van der Waals surface area contributed by atoms with Crippen LogP contribution in [0.5, 0.6) is 0 Å². The number of hydrogen-bond acceptors (Lipinski definition) is 2. The molecule has 0 aliphatic carbocycles. The van der Waals surface area contributed by atoms with E-state index in [1.54, 1.807) is 0 Å². The molecule has 0 bridgehead atoms. The van der Waals surface area contributed by atoms with Gasteiger partial charge in [-0.2, -0.15) is 0 Å². The lowest BCUT2D eigenvalue weighted by Gasteiger charge is -2.15. The van der Waals surface area contributed by atoms with Gasteiger partial charge in [0.05, 0.1) is 0 Å². The summed E-state index contributed by atoms with van der Waals surface area (Å²) in [4.78, 5) is 1.41. The topological polar surface area (TPSA) is 12.0 Å². The standard InChI is InChI=1S/C18H31NS/c1-5-8-9-16(6-2)14-20-18-12-10-17(11-13-18)15(4)19-7-3/h10-13,15-16,19H,5-9,14H2,1-4H3. The van der Waals surface area contributed by atoms with Gasteiger partial charge in [-0.05, 0) is 43.5 Å². The lowest BCUT2D eigenvalue weighted by atomic mass is 10.0. The summed E-state index contributed by atoms with van der Waals surface area (Å²) in [6, 6.07) is 9.54. The molecular formula is C18H31NS. The molecule has 1 aromatic rings. The van der Waals surface area contributed by atoms with Crippen LogP contribution in [0.1, 0.15) is 65.0 Å². The van der Waals surface area contributed by atoms with Crippen LogP contribution in [0.4, 0.5) is 0 Å². The molecule has 114 valence electrons. The van der Waals surface area contributed by atoms with Gasteiger partial charge >= 0.3 is 0 Å². The Kier molecular flexibility index (Phi) is 9.04. The zero-order valence-electron chi connectivity index (χ0n) is 13.6. The van der Waals surface area contributed by atoms with Crippen LogP contribution < -0.4 is 5.32 Å². The predicted octanol–water partition coefficient (Wildman–Crippen LogP) is 5.67. The summed E-state index contributed by atoms with van der Waals surface area (Å²) in [6.45, 7) is 10.0. The molecule has 0 heterocycles. The third-order valence-electron chi connectivity index (χ3n) is 3.92. The summed E-state index contributed by atoms with van der Waals surface area (Å²) in [5, 5.41) is 3.46. The van der Waals surface area contributed by atoms with E-state index in [0.29, 0.717) is 6.04 Å². The third-order valence-corrected chi connectivity index (χ3v) is 5.16. The second-order valence-corrected chi connectivity index (χ2v) is 6.67.